The molecule has 224 valence electrons. The molecule has 0 bridgehead atoms. The van der Waals surface area contributed by atoms with E-state index in [-0.39, 0.29) is 18.1 Å². The summed E-state index contributed by atoms with van der Waals surface area (Å²) in [4.78, 5) is 19.3. The van der Waals surface area contributed by atoms with Gasteiger partial charge in [-0.1, -0.05) is 6.92 Å². The molecule has 1 atom stereocenters. The molecule has 5 rings (SSSR count). The van der Waals surface area contributed by atoms with Crippen molar-refractivity contribution < 1.29 is 27.4 Å². The molecule has 3 aromatic rings. The van der Waals surface area contributed by atoms with Crippen LogP contribution in [0.4, 0.5) is 18.9 Å². The van der Waals surface area contributed by atoms with Gasteiger partial charge >= 0.3 is 6.18 Å². The number of pyridine rings is 1. The molecule has 1 saturated carbocycles. The molecular formula is C30H39F3N4O4. The molecule has 0 spiro atoms. The number of hydrogen-bond acceptors (Lipinski definition) is 7. The van der Waals surface area contributed by atoms with Crippen LogP contribution in [0.25, 0.3) is 11.0 Å². The van der Waals surface area contributed by atoms with E-state index in [9.17, 15) is 23.1 Å². The van der Waals surface area contributed by atoms with Gasteiger partial charge in [0.1, 0.15) is 17.6 Å². The van der Waals surface area contributed by atoms with Crippen molar-refractivity contribution in [3.8, 4) is 5.75 Å². The minimum Gasteiger partial charge on any atom is -0.496 e. The number of aryl methyl sites for hydroxylation is 1. The van der Waals surface area contributed by atoms with E-state index in [1.807, 2.05) is 19.1 Å². The van der Waals surface area contributed by atoms with E-state index in [0.29, 0.717) is 66.4 Å². The van der Waals surface area contributed by atoms with Crippen LogP contribution < -0.4 is 20.5 Å². The Morgan fingerprint density at radius 2 is 1.95 bits per heavy atom. The second-order valence-corrected chi connectivity index (χ2v) is 11.3. The number of ether oxygens (including phenoxy) is 1. The number of anilines is 1. The van der Waals surface area contributed by atoms with Crippen LogP contribution >= 0.6 is 0 Å². The number of furan rings is 1. The molecule has 1 unspecified atom stereocenters. The Morgan fingerprint density at radius 1 is 1.22 bits per heavy atom. The summed E-state index contributed by atoms with van der Waals surface area (Å²) >= 11 is 0. The van der Waals surface area contributed by atoms with Crippen molar-refractivity contribution >= 4 is 16.7 Å². The molecule has 2 fully saturated rings. The van der Waals surface area contributed by atoms with E-state index >= 15 is 0 Å². The highest BCUT2D eigenvalue weighted by atomic mass is 19.4. The van der Waals surface area contributed by atoms with Crippen LogP contribution in [0, 0.1) is 12.8 Å². The number of aliphatic hydroxyl groups is 1. The van der Waals surface area contributed by atoms with Gasteiger partial charge in [0.05, 0.1) is 25.5 Å². The number of hydrogen-bond donors (Lipinski definition) is 3. The summed E-state index contributed by atoms with van der Waals surface area (Å²) in [5.41, 5.74) is 4.01. The molecule has 3 heterocycles. The third-order valence-electron chi connectivity index (χ3n) is 8.30. The molecule has 11 heteroatoms. The van der Waals surface area contributed by atoms with Crippen molar-refractivity contribution in [3.63, 3.8) is 0 Å². The van der Waals surface area contributed by atoms with Crippen molar-refractivity contribution in [1.29, 1.82) is 0 Å². The number of nitrogens with one attached hydrogen (secondary N) is 2. The van der Waals surface area contributed by atoms with Crippen LogP contribution in [-0.2, 0) is 13.0 Å². The smallest absolute Gasteiger partial charge is 0.401 e. The molecule has 41 heavy (non-hydrogen) atoms. The highest BCUT2D eigenvalue weighted by molar-refractivity contribution is 5.88. The van der Waals surface area contributed by atoms with Gasteiger partial charge in [-0.25, -0.2) is 0 Å². The molecule has 2 aromatic heterocycles. The van der Waals surface area contributed by atoms with Crippen molar-refractivity contribution in [2.45, 2.75) is 70.9 Å². The summed E-state index contributed by atoms with van der Waals surface area (Å²) in [6.07, 6.45) is 0.460. The fourth-order valence-corrected chi connectivity index (χ4v) is 6.11. The van der Waals surface area contributed by atoms with Gasteiger partial charge in [-0.15, -0.1) is 0 Å². The van der Waals surface area contributed by atoms with Crippen LogP contribution in [0.1, 0.15) is 61.2 Å². The predicted octanol–water partition coefficient (Wildman–Crippen LogP) is 5.02. The topological polar surface area (TPSA) is 94.0 Å². The maximum Gasteiger partial charge on any atom is 0.401 e. The van der Waals surface area contributed by atoms with E-state index in [2.05, 4.69) is 15.2 Å². The van der Waals surface area contributed by atoms with E-state index < -0.39 is 18.9 Å². The fraction of sp³-hybridized carbons (Fsp3) is 0.567. The first-order valence-electron chi connectivity index (χ1n) is 14.3. The minimum atomic E-state index is -4.20. The Hall–Kier alpha value is -3.02. The summed E-state index contributed by atoms with van der Waals surface area (Å²) < 4.78 is 50.3. The number of aromatic amines is 1. The average Bonchev–Trinajstić information content (AvgIpc) is 3.63. The normalized spacial score (nSPS) is 17.7. The number of likely N-dealkylation sites (tertiary alicyclic amines) is 1. The van der Waals surface area contributed by atoms with Crippen molar-refractivity contribution in [2.75, 3.05) is 38.2 Å². The molecule has 8 nitrogen and oxygen atoms in total. The summed E-state index contributed by atoms with van der Waals surface area (Å²) in [7, 11) is 1.50. The number of methoxy groups -OCH3 is 1. The lowest BCUT2D eigenvalue weighted by molar-refractivity contribution is -0.147. The van der Waals surface area contributed by atoms with E-state index in [0.717, 1.165) is 36.0 Å². The van der Waals surface area contributed by atoms with Gasteiger partial charge in [0.15, 0.2) is 0 Å². The minimum absolute atomic E-state index is 0.0795. The largest absolute Gasteiger partial charge is 0.496 e. The van der Waals surface area contributed by atoms with Crippen LogP contribution in [0.15, 0.2) is 33.7 Å². The van der Waals surface area contributed by atoms with Gasteiger partial charge in [-0.3, -0.25) is 15.0 Å². The number of rotatable bonds is 11. The second kappa shape index (κ2) is 12.1. The van der Waals surface area contributed by atoms with Gasteiger partial charge in [0, 0.05) is 60.6 Å². The molecular weight excluding hydrogens is 537 g/mol. The van der Waals surface area contributed by atoms with Crippen LogP contribution in [0.2, 0.25) is 0 Å². The molecule has 3 N–H and O–H groups in total. The number of aliphatic hydroxyl groups excluding tert-OH is 1. The highest BCUT2D eigenvalue weighted by Gasteiger charge is 2.36. The zero-order chi connectivity index (χ0) is 29.3. The number of fused-ring (bicyclic) bond motifs is 1. The quantitative estimate of drug-likeness (QED) is 0.276. The molecule has 0 amide bonds. The molecule has 1 saturated heterocycles. The lowest BCUT2D eigenvalue weighted by Gasteiger charge is -2.41. The summed E-state index contributed by atoms with van der Waals surface area (Å²) in [5.74, 6) is 0.990. The summed E-state index contributed by atoms with van der Waals surface area (Å²) in [6, 6.07) is 5.68. The molecule has 1 aliphatic heterocycles. The number of halogens is 3. The number of aromatic nitrogens is 1. The first-order valence-corrected chi connectivity index (χ1v) is 14.3. The van der Waals surface area contributed by atoms with Crippen LogP contribution in [0.5, 0.6) is 5.75 Å². The van der Waals surface area contributed by atoms with Crippen LogP contribution in [0.3, 0.4) is 0 Å². The first-order chi connectivity index (χ1) is 19.6. The highest BCUT2D eigenvalue weighted by Crippen LogP contribution is 2.41. The fourth-order valence-electron chi connectivity index (χ4n) is 6.11. The Kier molecular flexibility index (Phi) is 8.68. The molecule has 1 aromatic carbocycles. The number of H-pyrrole nitrogens is 1. The van der Waals surface area contributed by atoms with Gasteiger partial charge in [0.2, 0.25) is 0 Å². The lowest BCUT2D eigenvalue weighted by atomic mass is 9.94. The summed E-state index contributed by atoms with van der Waals surface area (Å²) in [6.45, 7) is 4.61. The van der Waals surface area contributed by atoms with Gasteiger partial charge in [0.25, 0.3) is 5.56 Å². The lowest BCUT2D eigenvalue weighted by Crippen LogP contribution is -2.48. The number of alkyl halides is 3. The number of benzene rings is 1. The van der Waals surface area contributed by atoms with E-state index in [1.165, 1.54) is 12.0 Å². The molecule has 1 aliphatic carbocycles. The maximum atomic E-state index is 13.0. The standard InChI is InChI=1S/C30H39F3N4O4/c1-4-21-24(37(16-19-5-6-19)20-7-10-36(11-8-20)17-30(31,32)33)14-26-22(9-12-41-26)27(21)29(39)34-15-23-25(40-3)13-18(2)35-28(23)38/h9,12-14,19-20,29,34,39H,4-8,10-11,15-17H2,1-3H3,(H,35,38). The Bertz CT molecular complexity index is 1410. The molecule has 0 radical (unpaired) electrons. The van der Waals surface area contributed by atoms with E-state index in [1.54, 1.807) is 19.3 Å². The van der Waals surface area contributed by atoms with Crippen molar-refractivity contribution in [3.05, 3.63) is 57.2 Å². The Balaban J connectivity index is 1.46. The van der Waals surface area contributed by atoms with E-state index in [4.69, 9.17) is 9.15 Å². The van der Waals surface area contributed by atoms with Gasteiger partial charge in [-0.2, -0.15) is 13.2 Å². The number of piperidine rings is 1. The van der Waals surface area contributed by atoms with Crippen LogP contribution in [-0.4, -0.2) is 60.5 Å². The SMILES string of the molecule is CCc1c(N(CC2CC2)C2CCN(CC(F)(F)F)CC2)cc2occc2c1C(O)NCc1c(OC)cc(C)[nH]c1=O. The first kappa shape index (κ1) is 29.5. The maximum absolute atomic E-state index is 13.0. The summed E-state index contributed by atoms with van der Waals surface area (Å²) in [5, 5.41) is 15.4. The van der Waals surface area contributed by atoms with Gasteiger partial charge in [-0.05, 0) is 62.6 Å². The molecule has 2 aliphatic rings. The van der Waals surface area contributed by atoms with Crippen molar-refractivity contribution in [2.24, 2.45) is 5.92 Å². The zero-order valence-corrected chi connectivity index (χ0v) is 23.8. The third-order valence-corrected chi connectivity index (χ3v) is 8.30. The third kappa shape index (κ3) is 6.73. The Labute approximate surface area is 237 Å². The predicted molar refractivity (Wildman–Crippen MR) is 151 cm³/mol. The zero-order valence-electron chi connectivity index (χ0n) is 23.8. The average molecular weight is 577 g/mol. The number of nitrogens with zero attached hydrogens (tertiary/aromatic N) is 2. The van der Waals surface area contributed by atoms with Crippen molar-refractivity contribution in [1.82, 2.24) is 15.2 Å². The van der Waals surface area contributed by atoms with Gasteiger partial charge < -0.3 is 24.1 Å². The Morgan fingerprint density at radius 3 is 2.59 bits per heavy atom. The second-order valence-electron chi connectivity index (χ2n) is 11.3. The monoisotopic (exact) mass is 576 g/mol.